The molecule has 0 bridgehead atoms. The molecule has 0 radical (unpaired) electrons. The maximum Gasteiger partial charge on any atom is 0.227 e. The van der Waals surface area contributed by atoms with Crippen LogP contribution in [-0.2, 0) is 0 Å². The highest BCUT2D eigenvalue weighted by molar-refractivity contribution is 6.27. The lowest BCUT2D eigenvalue weighted by Gasteiger charge is -2.27. The van der Waals surface area contributed by atoms with Crippen LogP contribution >= 0.6 is 0 Å². The first-order valence-electron chi connectivity index (χ1n) is 17.0. The molecule has 10 aromatic rings. The first-order valence-corrected chi connectivity index (χ1v) is 17.0. The van der Waals surface area contributed by atoms with Gasteiger partial charge in [0.15, 0.2) is 5.58 Å². The zero-order valence-electron chi connectivity index (χ0n) is 27.1. The fourth-order valence-electron chi connectivity index (χ4n) is 7.61. The molecule has 1 heterocycles. The third-order valence-corrected chi connectivity index (χ3v) is 9.86. The molecular formula is C47H30N2O. The topological polar surface area (TPSA) is 29.3 Å². The van der Waals surface area contributed by atoms with E-state index in [1.807, 2.05) is 30.3 Å². The Morgan fingerprint density at radius 1 is 0.400 bits per heavy atom. The Morgan fingerprint density at radius 3 is 1.70 bits per heavy atom. The van der Waals surface area contributed by atoms with Gasteiger partial charge in [0.25, 0.3) is 0 Å². The van der Waals surface area contributed by atoms with Gasteiger partial charge in [0.1, 0.15) is 5.52 Å². The number of hydrogen-bond acceptors (Lipinski definition) is 3. The van der Waals surface area contributed by atoms with Crippen LogP contribution in [-0.4, -0.2) is 4.98 Å². The van der Waals surface area contributed by atoms with Gasteiger partial charge in [-0.1, -0.05) is 133 Å². The lowest BCUT2D eigenvalue weighted by Crippen LogP contribution is -2.10. The highest BCUT2D eigenvalue weighted by Gasteiger charge is 2.19. The first-order chi connectivity index (χ1) is 24.8. The van der Waals surface area contributed by atoms with Crippen molar-refractivity contribution in [3.63, 3.8) is 0 Å². The van der Waals surface area contributed by atoms with E-state index in [2.05, 4.69) is 157 Å². The monoisotopic (exact) mass is 638 g/mol. The largest absolute Gasteiger partial charge is 0.435 e. The molecule has 9 aromatic carbocycles. The molecule has 0 aliphatic heterocycles. The summed E-state index contributed by atoms with van der Waals surface area (Å²) >= 11 is 0. The predicted octanol–water partition coefficient (Wildman–Crippen LogP) is 13.2. The molecule has 0 fully saturated rings. The van der Waals surface area contributed by atoms with Crippen LogP contribution in [0.25, 0.3) is 76.8 Å². The van der Waals surface area contributed by atoms with Crippen molar-refractivity contribution in [2.45, 2.75) is 0 Å². The summed E-state index contributed by atoms with van der Waals surface area (Å²) in [6, 6.07) is 64.5. The van der Waals surface area contributed by atoms with Gasteiger partial charge in [-0.05, 0) is 86.6 Å². The number of nitrogens with zero attached hydrogens (tertiary/aromatic N) is 2. The Morgan fingerprint density at radius 2 is 0.960 bits per heavy atom. The normalized spacial score (nSPS) is 11.6. The smallest absolute Gasteiger partial charge is 0.227 e. The number of fused-ring (bicyclic) bond motifs is 8. The standard InChI is InChI=1S/C47H30N2O/c1-4-13-33(14-5-1)47-48-42-29-26-32-24-23-31-25-27-39-36(21-12-22-41(39)44(31)45(32)46(42)50-47)38-28-30-43(40-20-11-10-19-37(38)40)49(34-15-6-2-7-16-34)35-17-8-3-9-18-35/h1-30H. The number of anilines is 3. The van der Waals surface area contributed by atoms with Crippen molar-refractivity contribution < 1.29 is 4.42 Å². The molecule has 0 amide bonds. The molecule has 50 heavy (non-hydrogen) atoms. The minimum Gasteiger partial charge on any atom is -0.435 e. The van der Waals surface area contributed by atoms with Crippen molar-refractivity contribution in [2.75, 3.05) is 4.90 Å². The molecule has 0 N–H and O–H groups in total. The zero-order chi connectivity index (χ0) is 33.0. The fourth-order valence-corrected chi connectivity index (χ4v) is 7.61. The number of oxazole rings is 1. The summed E-state index contributed by atoms with van der Waals surface area (Å²) in [6.45, 7) is 0. The summed E-state index contributed by atoms with van der Waals surface area (Å²) in [7, 11) is 0. The Bertz CT molecular complexity index is 2820. The summed E-state index contributed by atoms with van der Waals surface area (Å²) < 4.78 is 6.59. The Balaban J connectivity index is 1.22. The second-order valence-corrected chi connectivity index (χ2v) is 12.7. The molecule has 234 valence electrons. The van der Waals surface area contributed by atoms with Crippen molar-refractivity contribution in [1.29, 1.82) is 0 Å². The molecule has 0 saturated heterocycles. The van der Waals surface area contributed by atoms with E-state index in [9.17, 15) is 0 Å². The van der Waals surface area contributed by atoms with E-state index in [0.717, 1.165) is 44.5 Å². The first kappa shape index (κ1) is 28.3. The molecule has 0 saturated carbocycles. The highest BCUT2D eigenvalue weighted by Crippen LogP contribution is 2.45. The van der Waals surface area contributed by atoms with Crippen molar-refractivity contribution in [2.24, 2.45) is 0 Å². The van der Waals surface area contributed by atoms with Gasteiger partial charge in [-0.2, -0.15) is 0 Å². The quantitative estimate of drug-likeness (QED) is 0.176. The molecule has 10 rings (SSSR count). The Kier molecular flexibility index (Phi) is 6.49. The number of para-hydroxylation sites is 2. The average molecular weight is 639 g/mol. The SMILES string of the molecule is c1ccc(-c2nc3ccc4ccc5ccc6c(-c7ccc(N(c8ccccc8)c8ccccc8)c8ccccc78)cccc6c5c4c3o2)cc1. The van der Waals surface area contributed by atoms with Crippen LogP contribution in [0.2, 0.25) is 0 Å². The van der Waals surface area contributed by atoms with E-state index in [0.29, 0.717) is 5.89 Å². The summed E-state index contributed by atoms with van der Waals surface area (Å²) in [5, 5.41) is 9.38. The van der Waals surface area contributed by atoms with Crippen molar-refractivity contribution in [3.8, 4) is 22.6 Å². The maximum atomic E-state index is 6.59. The third kappa shape index (κ3) is 4.48. The maximum absolute atomic E-state index is 6.59. The van der Waals surface area contributed by atoms with Crippen LogP contribution in [0.15, 0.2) is 186 Å². The molecule has 0 spiro atoms. The predicted molar refractivity (Wildman–Crippen MR) is 210 cm³/mol. The van der Waals surface area contributed by atoms with Gasteiger partial charge in [-0.25, -0.2) is 4.98 Å². The molecule has 1 aromatic heterocycles. The van der Waals surface area contributed by atoms with Gasteiger partial charge in [-0.15, -0.1) is 0 Å². The van der Waals surface area contributed by atoms with Crippen LogP contribution in [0, 0.1) is 0 Å². The lowest BCUT2D eigenvalue weighted by atomic mass is 9.90. The highest BCUT2D eigenvalue weighted by atomic mass is 16.3. The van der Waals surface area contributed by atoms with E-state index in [1.54, 1.807) is 0 Å². The third-order valence-electron chi connectivity index (χ3n) is 9.86. The van der Waals surface area contributed by atoms with Crippen LogP contribution < -0.4 is 4.90 Å². The van der Waals surface area contributed by atoms with Gasteiger partial charge < -0.3 is 9.32 Å². The molecule has 3 heteroatoms. The van der Waals surface area contributed by atoms with Crippen LogP contribution in [0.4, 0.5) is 17.1 Å². The average Bonchev–Trinajstić information content (AvgIpc) is 3.64. The van der Waals surface area contributed by atoms with E-state index in [4.69, 9.17) is 9.40 Å². The van der Waals surface area contributed by atoms with Crippen molar-refractivity contribution in [3.05, 3.63) is 182 Å². The molecule has 0 atom stereocenters. The Hall–Kier alpha value is -6.71. The van der Waals surface area contributed by atoms with Crippen molar-refractivity contribution in [1.82, 2.24) is 4.98 Å². The minimum absolute atomic E-state index is 0.637. The van der Waals surface area contributed by atoms with Crippen molar-refractivity contribution >= 4 is 71.3 Å². The number of benzene rings is 9. The van der Waals surface area contributed by atoms with Crippen LogP contribution in [0.3, 0.4) is 0 Å². The zero-order valence-corrected chi connectivity index (χ0v) is 27.1. The molecular weight excluding hydrogens is 609 g/mol. The minimum atomic E-state index is 0.637. The molecule has 0 aliphatic rings. The summed E-state index contributed by atoms with van der Waals surface area (Å²) in [6.07, 6.45) is 0. The molecule has 0 aliphatic carbocycles. The summed E-state index contributed by atoms with van der Waals surface area (Å²) in [4.78, 5) is 7.26. The summed E-state index contributed by atoms with van der Waals surface area (Å²) in [5.41, 5.74) is 8.43. The van der Waals surface area contributed by atoms with Gasteiger partial charge >= 0.3 is 0 Å². The van der Waals surface area contributed by atoms with Crippen LogP contribution in [0.1, 0.15) is 0 Å². The van der Waals surface area contributed by atoms with E-state index in [1.165, 1.54) is 43.4 Å². The van der Waals surface area contributed by atoms with E-state index >= 15 is 0 Å². The number of rotatable bonds is 5. The van der Waals surface area contributed by atoms with Gasteiger partial charge in [-0.3, -0.25) is 0 Å². The Labute approximate surface area is 289 Å². The lowest BCUT2D eigenvalue weighted by molar-refractivity contribution is 0.623. The van der Waals surface area contributed by atoms with Gasteiger partial charge in [0.05, 0.1) is 5.69 Å². The number of hydrogen-bond donors (Lipinski definition) is 0. The fraction of sp³-hybridized carbons (Fsp3) is 0. The summed E-state index contributed by atoms with van der Waals surface area (Å²) in [5.74, 6) is 0.637. The second-order valence-electron chi connectivity index (χ2n) is 12.7. The van der Waals surface area contributed by atoms with Gasteiger partial charge in [0, 0.05) is 33.1 Å². The van der Waals surface area contributed by atoms with Crippen LogP contribution in [0.5, 0.6) is 0 Å². The molecule has 3 nitrogen and oxygen atoms in total. The van der Waals surface area contributed by atoms with Gasteiger partial charge in [0.2, 0.25) is 5.89 Å². The van der Waals surface area contributed by atoms with E-state index < -0.39 is 0 Å². The van der Waals surface area contributed by atoms with E-state index in [-0.39, 0.29) is 0 Å². The molecule has 0 unspecified atom stereocenters. The number of aromatic nitrogens is 1. The second kappa shape index (κ2) is 11.5.